The van der Waals surface area contributed by atoms with Crippen LogP contribution in [0.5, 0.6) is 0 Å². The lowest BCUT2D eigenvalue weighted by Crippen LogP contribution is -2.13. The van der Waals surface area contributed by atoms with E-state index >= 15 is 0 Å². The van der Waals surface area contributed by atoms with E-state index in [0.717, 1.165) is 5.56 Å². The number of amidine groups is 1. The second kappa shape index (κ2) is 6.90. The first-order chi connectivity index (χ1) is 10.1. The van der Waals surface area contributed by atoms with Crippen molar-refractivity contribution < 1.29 is 4.79 Å². The lowest BCUT2D eigenvalue weighted by atomic mass is 10.1. The number of aliphatic imine (C=N–C) groups is 1. The SMILES string of the molecule is Cc1cccc(C(=O)Nc2cccc(N=C(N)CCl)c2)c1. The first-order valence-electron chi connectivity index (χ1n) is 6.45. The predicted molar refractivity (Wildman–Crippen MR) is 87.6 cm³/mol. The van der Waals surface area contributed by atoms with Crippen LogP contribution in [-0.2, 0) is 0 Å². The molecule has 0 fully saturated rings. The highest BCUT2D eigenvalue weighted by molar-refractivity contribution is 6.28. The molecule has 0 atom stereocenters. The maximum absolute atomic E-state index is 12.2. The average Bonchev–Trinajstić information content (AvgIpc) is 2.47. The van der Waals surface area contributed by atoms with Gasteiger partial charge in [-0.15, -0.1) is 11.6 Å². The van der Waals surface area contributed by atoms with Crippen LogP contribution in [-0.4, -0.2) is 17.6 Å². The number of hydrogen-bond donors (Lipinski definition) is 2. The number of carbonyl (C=O) groups excluding carboxylic acids is 1. The highest BCUT2D eigenvalue weighted by Gasteiger charge is 2.06. The normalized spacial score (nSPS) is 11.2. The summed E-state index contributed by atoms with van der Waals surface area (Å²) in [5, 5.41) is 2.84. The van der Waals surface area contributed by atoms with Gasteiger partial charge in [0.1, 0.15) is 5.84 Å². The highest BCUT2D eigenvalue weighted by atomic mass is 35.5. The van der Waals surface area contributed by atoms with Crippen molar-refractivity contribution >= 4 is 34.7 Å². The molecular weight excluding hydrogens is 286 g/mol. The summed E-state index contributed by atoms with van der Waals surface area (Å²) >= 11 is 5.60. The van der Waals surface area contributed by atoms with Gasteiger partial charge in [-0.2, -0.15) is 0 Å². The molecule has 0 aromatic heterocycles. The van der Waals surface area contributed by atoms with Crippen LogP contribution in [0.3, 0.4) is 0 Å². The second-order valence-corrected chi connectivity index (χ2v) is 4.88. The van der Waals surface area contributed by atoms with E-state index in [1.807, 2.05) is 25.1 Å². The Kier molecular flexibility index (Phi) is 4.95. The van der Waals surface area contributed by atoms with Gasteiger partial charge in [-0.05, 0) is 37.3 Å². The molecule has 108 valence electrons. The summed E-state index contributed by atoms with van der Waals surface area (Å²) in [6.07, 6.45) is 0. The molecule has 0 aliphatic carbocycles. The van der Waals surface area contributed by atoms with Crippen molar-refractivity contribution in [1.82, 2.24) is 0 Å². The first kappa shape index (κ1) is 15.1. The number of carbonyl (C=O) groups is 1. The minimum atomic E-state index is -0.162. The number of nitrogens with two attached hydrogens (primary N) is 1. The largest absolute Gasteiger partial charge is 0.386 e. The Morgan fingerprint density at radius 3 is 2.71 bits per heavy atom. The molecule has 0 aliphatic rings. The summed E-state index contributed by atoms with van der Waals surface area (Å²) < 4.78 is 0. The quantitative estimate of drug-likeness (QED) is 0.516. The monoisotopic (exact) mass is 301 g/mol. The van der Waals surface area contributed by atoms with Crippen molar-refractivity contribution in [3.05, 3.63) is 59.7 Å². The van der Waals surface area contributed by atoms with Gasteiger partial charge >= 0.3 is 0 Å². The molecule has 0 bridgehead atoms. The van der Waals surface area contributed by atoms with E-state index in [2.05, 4.69) is 10.3 Å². The summed E-state index contributed by atoms with van der Waals surface area (Å²) in [5.74, 6) is 0.337. The lowest BCUT2D eigenvalue weighted by molar-refractivity contribution is 0.102. The standard InChI is InChI=1S/C16H16ClN3O/c1-11-4-2-5-12(8-11)16(21)20-14-7-3-6-13(9-14)19-15(18)10-17/h2-9H,10H2,1H3,(H2,18,19)(H,20,21). The van der Waals surface area contributed by atoms with E-state index in [4.69, 9.17) is 17.3 Å². The molecule has 0 saturated carbocycles. The van der Waals surface area contributed by atoms with Crippen LogP contribution in [0.2, 0.25) is 0 Å². The summed E-state index contributed by atoms with van der Waals surface area (Å²) in [4.78, 5) is 16.3. The Balaban J connectivity index is 2.16. The van der Waals surface area contributed by atoms with Gasteiger partial charge < -0.3 is 11.1 Å². The molecule has 2 aromatic carbocycles. The topological polar surface area (TPSA) is 67.5 Å². The van der Waals surface area contributed by atoms with Gasteiger partial charge in [0.2, 0.25) is 0 Å². The predicted octanol–water partition coefficient (Wildman–Crippen LogP) is 3.47. The van der Waals surface area contributed by atoms with E-state index in [9.17, 15) is 4.79 Å². The molecule has 3 N–H and O–H groups in total. The molecule has 21 heavy (non-hydrogen) atoms. The molecule has 1 amide bonds. The van der Waals surface area contributed by atoms with Crippen LogP contribution < -0.4 is 11.1 Å². The minimum Gasteiger partial charge on any atom is -0.386 e. The molecule has 4 nitrogen and oxygen atoms in total. The molecule has 0 spiro atoms. The van der Waals surface area contributed by atoms with Crippen LogP contribution in [0.1, 0.15) is 15.9 Å². The van der Waals surface area contributed by atoms with Crippen LogP contribution in [0, 0.1) is 6.92 Å². The Labute approximate surface area is 128 Å². The van der Waals surface area contributed by atoms with Gasteiger partial charge in [0, 0.05) is 11.3 Å². The van der Waals surface area contributed by atoms with E-state index in [0.29, 0.717) is 22.8 Å². The van der Waals surface area contributed by atoms with Crippen molar-refractivity contribution in [2.24, 2.45) is 10.7 Å². The van der Waals surface area contributed by atoms with Gasteiger partial charge in [-0.25, -0.2) is 4.99 Å². The number of alkyl halides is 1. The summed E-state index contributed by atoms with van der Waals surface area (Å²) in [6, 6.07) is 14.5. The maximum Gasteiger partial charge on any atom is 0.255 e. The Bertz CT molecular complexity index is 683. The molecule has 2 aromatic rings. The molecule has 0 aliphatic heterocycles. The van der Waals surface area contributed by atoms with Gasteiger partial charge in [0.25, 0.3) is 5.91 Å². The summed E-state index contributed by atoms with van der Waals surface area (Å²) in [6.45, 7) is 1.95. The van der Waals surface area contributed by atoms with Gasteiger partial charge in [0.15, 0.2) is 0 Å². The Morgan fingerprint density at radius 1 is 1.24 bits per heavy atom. The Hall–Kier alpha value is -2.33. The molecule has 5 heteroatoms. The molecular formula is C16H16ClN3O. The molecule has 0 radical (unpaired) electrons. The van der Waals surface area contributed by atoms with Crippen LogP contribution >= 0.6 is 11.6 Å². The van der Waals surface area contributed by atoms with E-state index < -0.39 is 0 Å². The fourth-order valence-corrected chi connectivity index (χ4v) is 1.90. The number of aryl methyl sites for hydroxylation is 1. The third kappa shape index (κ3) is 4.33. The third-order valence-electron chi connectivity index (χ3n) is 2.79. The number of hydrogen-bond acceptors (Lipinski definition) is 2. The fourth-order valence-electron chi connectivity index (χ4n) is 1.84. The number of nitrogens with zero attached hydrogens (tertiary/aromatic N) is 1. The van der Waals surface area contributed by atoms with Crippen LogP contribution in [0.25, 0.3) is 0 Å². The van der Waals surface area contributed by atoms with Crippen molar-refractivity contribution in [1.29, 1.82) is 0 Å². The van der Waals surface area contributed by atoms with Crippen LogP contribution in [0.15, 0.2) is 53.5 Å². The zero-order valence-electron chi connectivity index (χ0n) is 11.6. The van der Waals surface area contributed by atoms with Crippen molar-refractivity contribution in [2.75, 3.05) is 11.2 Å². The van der Waals surface area contributed by atoms with Crippen LogP contribution in [0.4, 0.5) is 11.4 Å². The average molecular weight is 302 g/mol. The number of halogens is 1. The molecule has 2 rings (SSSR count). The molecule has 0 heterocycles. The summed E-state index contributed by atoms with van der Waals surface area (Å²) in [7, 11) is 0. The smallest absolute Gasteiger partial charge is 0.255 e. The number of amides is 1. The van der Waals surface area contributed by atoms with Gasteiger partial charge in [0.05, 0.1) is 11.6 Å². The number of nitrogens with one attached hydrogen (secondary N) is 1. The van der Waals surface area contributed by atoms with E-state index in [-0.39, 0.29) is 11.8 Å². The molecule has 0 saturated heterocycles. The van der Waals surface area contributed by atoms with E-state index in [1.165, 1.54) is 0 Å². The maximum atomic E-state index is 12.2. The van der Waals surface area contributed by atoms with Crippen molar-refractivity contribution in [2.45, 2.75) is 6.92 Å². The zero-order valence-corrected chi connectivity index (χ0v) is 12.4. The lowest BCUT2D eigenvalue weighted by Gasteiger charge is -2.07. The van der Waals surface area contributed by atoms with Gasteiger partial charge in [-0.3, -0.25) is 4.79 Å². The first-order valence-corrected chi connectivity index (χ1v) is 6.99. The fraction of sp³-hybridized carbons (Fsp3) is 0.125. The van der Waals surface area contributed by atoms with Crippen molar-refractivity contribution in [3.63, 3.8) is 0 Å². The summed E-state index contributed by atoms with van der Waals surface area (Å²) in [5.41, 5.74) is 8.55. The number of anilines is 1. The molecule has 0 unspecified atom stereocenters. The van der Waals surface area contributed by atoms with E-state index in [1.54, 1.807) is 30.3 Å². The number of rotatable bonds is 4. The second-order valence-electron chi connectivity index (χ2n) is 4.61. The number of benzene rings is 2. The highest BCUT2D eigenvalue weighted by Crippen LogP contribution is 2.19. The minimum absolute atomic E-state index is 0.162. The van der Waals surface area contributed by atoms with Crippen molar-refractivity contribution in [3.8, 4) is 0 Å². The van der Waals surface area contributed by atoms with Gasteiger partial charge in [-0.1, -0.05) is 23.8 Å². The zero-order chi connectivity index (χ0) is 15.2. The Morgan fingerprint density at radius 2 is 2.00 bits per heavy atom. The third-order valence-corrected chi connectivity index (χ3v) is 3.07.